The molecule has 8 heteroatoms. The maximum absolute atomic E-state index is 13.5. The van der Waals surface area contributed by atoms with Crippen LogP contribution >= 0.6 is 0 Å². The fourth-order valence-corrected chi connectivity index (χ4v) is 4.53. The number of nitrogens with one attached hydrogen (secondary N) is 2. The van der Waals surface area contributed by atoms with Crippen LogP contribution in [-0.4, -0.2) is 72.8 Å². The number of anilines is 2. The van der Waals surface area contributed by atoms with E-state index in [1.165, 1.54) is 0 Å². The molecule has 0 saturated carbocycles. The molecule has 1 aliphatic rings. The second-order valence-corrected chi connectivity index (χ2v) is 9.67. The molecule has 0 radical (unpaired) electrons. The van der Waals surface area contributed by atoms with Gasteiger partial charge in [-0.3, -0.25) is 4.79 Å². The van der Waals surface area contributed by atoms with Gasteiger partial charge in [-0.15, -0.1) is 0 Å². The zero-order valence-electron chi connectivity index (χ0n) is 21.2. The lowest BCUT2D eigenvalue weighted by molar-refractivity contribution is 0.0365. The number of urea groups is 1. The molecule has 0 spiro atoms. The molecule has 0 unspecified atom stereocenters. The number of carbonyl (C=O) groups excluding carboxylic acids is 2. The number of ether oxygens (including phenoxy) is 1. The van der Waals surface area contributed by atoms with Crippen LogP contribution in [0, 0.1) is 5.92 Å². The van der Waals surface area contributed by atoms with Gasteiger partial charge in [-0.2, -0.15) is 0 Å². The molecule has 0 aromatic heterocycles. The molecule has 36 heavy (non-hydrogen) atoms. The molecule has 3 atom stereocenters. The zero-order valence-corrected chi connectivity index (χ0v) is 21.2. The SMILES string of the molecule is C[C@@H]1CN([C@H](C)CO)C(=O)c2cccc(NC(=O)Nc3cccc4ccccc34)c2O[C@@H]1CN(C)C. The van der Waals surface area contributed by atoms with Crippen LogP contribution in [0.2, 0.25) is 0 Å². The predicted molar refractivity (Wildman–Crippen MR) is 143 cm³/mol. The van der Waals surface area contributed by atoms with E-state index in [4.69, 9.17) is 4.74 Å². The molecule has 1 heterocycles. The van der Waals surface area contributed by atoms with Crippen LogP contribution in [0.4, 0.5) is 16.2 Å². The van der Waals surface area contributed by atoms with Crippen LogP contribution in [-0.2, 0) is 0 Å². The van der Waals surface area contributed by atoms with Gasteiger partial charge in [-0.1, -0.05) is 49.4 Å². The summed E-state index contributed by atoms with van der Waals surface area (Å²) in [5.41, 5.74) is 1.45. The summed E-state index contributed by atoms with van der Waals surface area (Å²) >= 11 is 0. The number of rotatable bonds is 6. The lowest BCUT2D eigenvalue weighted by Crippen LogP contribution is -2.49. The average Bonchev–Trinajstić information content (AvgIpc) is 2.86. The number of hydrogen-bond donors (Lipinski definition) is 3. The van der Waals surface area contributed by atoms with Crippen LogP contribution in [0.1, 0.15) is 24.2 Å². The molecule has 3 amide bonds. The molecule has 0 fully saturated rings. The molecule has 1 aliphatic heterocycles. The Bertz CT molecular complexity index is 1240. The van der Waals surface area contributed by atoms with Crippen molar-refractivity contribution in [2.75, 3.05) is 44.4 Å². The first-order valence-electron chi connectivity index (χ1n) is 12.2. The van der Waals surface area contributed by atoms with E-state index in [1.807, 2.05) is 75.3 Å². The number of carbonyl (C=O) groups is 2. The van der Waals surface area contributed by atoms with Crippen LogP contribution in [0.3, 0.4) is 0 Å². The number of aliphatic hydroxyl groups excluding tert-OH is 1. The van der Waals surface area contributed by atoms with Crippen molar-refractivity contribution in [3.05, 3.63) is 66.2 Å². The van der Waals surface area contributed by atoms with Crippen molar-refractivity contribution in [3.8, 4) is 5.75 Å². The molecular formula is C28H34N4O4. The minimum Gasteiger partial charge on any atom is -0.486 e. The maximum Gasteiger partial charge on any atom is 0.323 e. The van der Waals surface area contributed by atoms with Gasteiger partial charge in [0.25, 0.3) is 5.91 Å². The third-order valence-corrected chi connectivity index (χ3v) is 6.52. The topological polar surface area (TPSA) is 94.1 Å². The highest BCUT2D eigenvalue weighted by Gasteiger charge is 2.34. The lowest BCUT2D eigenvalue weighted by atomic mass is 9.99. The number of para-hydroxylation sites is 1. The Morgan fingerprint density at radius 1 is 1.08 bits per heavy atom. The number of nitrogens with zero attached hydrogens (tertiary/aromatic N) is 2. The van der Waals surface area contributed by atoms with Gasteiger partial charge in [-0.25, -0.2) is 4.79 Å². The van der Waals surface area contributed by atoms with Crippen molar-refractivity contribution in [2.24, 2.45) is 5.92 Å². The van der Waals surface area contributed by atoms with Gasteiger partial charge in [0, 0.05) is 24.4 Å². The van der Waals surface area contributed by atoms with Gasteiger partial charge in [-0.05, 0) is 44.6 Å². The van der Waals surface area contributed by atoms with Gasteiger partial charge in [0.1, 0.15) is 6.10 Å². The maximum atomic E-state index is 13.5. The van der Waals surface area contributed by atoms with E-state index in [0.717, 1.165) is 10.8 Å². The largest absolute Gasteiger partial charge is 0.486 e. The Morgan fingerprint density at radius 2 is 1.75 bits per heavy atom. The summed E-state index contributed by atoms with van der Waals surface area (Å²) in [5, 5.41) is 17.6. The van der Waals surface area contributed by atoms with Crippen molar-refractivity contribution in [2.45, 2.75) is 26.0 Å². The van der Waals surface area contributed by atoms with Gasteiger partial charge in [0.15, 0.2) is 5.75 Å². The summed E-state index contributed by atoms with van der Waals surface area (Å²) in [6.45, 7) is 4.81. The quantitative estimate of drug-likeness (QED) is 0.480. The van der Waals surface area contributed by atoms with Crippen molar-refractivity contribution in [1.82, 2.24) is 9.80 Å². The third kappa shape index (κ3) is 5.45. The van der Waals surface area contributed by atoms with Gasteiger partial charge >= 0.3 is 6.03 Å². The summed E-state index contributed by atoms with van der Waals surface area (Å²) < 4.78 is 6.45. The normalized spacial score (nSPS) is 18.7. The first kappa shape index (κ1) is 25.5. The molecule has 4 rings (SSSR count). The monoisotopic (exact) mass is 490 g/mol. The van der Waals surface area contributed by atoms with Crippen LogP contribution in [0.15, 0.2) is 60.7 Å². The van der Waals surface area contributed by atoms with Crippen molar-refractivity contribution in [1.29, 1.82) is 0 Å². The van der Waals surface area contributed by atoms with E-state index in [0.29, 0.717) is 35.8 Å². The van der Waals surface area contributed by atoms with Crippen molar-refractivity contribution < 1.29 is 19.4 Å². The van der Waals surface area contributed by atoms with Crippen LogP contribution in [0.5, 0.6) is 5.75 Å². The second-order valence-electron chi connectivity index (χ2n) is 9.67. The second kappa shape index (κ2) is 11.0. The molecule has 3 N–H and O–H groups in total. The summed E-state index contributed by atoms with van der Waals surface area (Å²) in [4.78, 5) is 30.3. The van der Waals surface area contributed by atoms with E-state index in [9.17, 15) is 14.7 Å². The Morgan fingerprint density at radius 3 is 2.50 bits per heavy atom. The van der Waals surface area contributed by atoms with Crippen LogP contribution in [0.25, 0.3) is 10.8 Å². The Kier molecular flexibility index (Phi) is 7.76. The average molecular weight is 491 g/mol. The molecule has 0 bridgehead atoms. The van der Waals surface area contributed by atoms with Crippen molar-refractivity contribution >= 4 is 34.1 Å². The highest BCUT2D eigenvalue weighted by Crippen LogP contribution is 2.35. The highest BCUT2D eigenvalue weighted by atomic mass is 16.5. The lowest BCUT2D eigenvalue weighted by Gasteiger charge is -2.38. The van der Waals surface area contributed by atoms with E-state index >= 15 is 0 Å². The predicted octanol–water partition coefficient (Wildman–Crippen LogP) is 4.27. The number of amides is 3. The minimum atomic E-state index is -0.435. The molecule has 3 aromatic rings. The standard InChI is InChI=1S/C28H34N4O4/c1-18-15-32(19(2)17-33)27(34)22-12-8-14-24(26(22)36-25(18)16-31(3)4)30-28(35)29-23-13-7-10-20-9-5-6-11-21(20)23/h5-14,18-19,25,33H,15-17H2,1-4H3,(H2,29,30,35)/t18-,19-,25-/m1/s1. The smallest absolute Gasteiger partial charge is 0.323 e. The number of likely N-dealkylation sites (N-methyl/N-ethyl adjacent to an activating group) is 1. The fourth-order valence-electron chi connectivity index (χ4n) is 4.53. The van der Waals surface area contributed by atoms with Crippen LogP contribution < -0.4 is 15.4 Å². The number of aliphatic hydroxyl groups is 1. The van der Waals surface area contributed by atoms with Crippen molar-refractivity contribution in [3.63, 3.8) is 0 Å². The highest BCUT2D eigenvalue weighted by molar-refractivity contribution is 6.08. The summed E-state index contributed by atoms with van der Waals surface area (Å²) in [6, 6.07) is 17.9. The van der Waals surface area contributed by atoms with E-state index < -0.39 is 6.03 Å². The Balaban J connectivity index is 1.68. The van der Waals surface area contributed by atoms with E-state index in [2.05, 4.69) is 10.6 Å². The zero-order chi connectivity index (χ0) is 25.8. The summed E-state index contributed by atoms with van der Waals surface area (Å²) in [7, 11) is 3.94. The molecule has 0 aliphatic carbocycles. The van der Waals surface area contributed by atoms with Gasteiger partial charge in [0.05, 0.1) is 29.6 Å². The fraction of sp³-hybridized carbons (Fsp3) is 0.357. The van der Waals surface area contributed by atoms with E-state index in [1.54, 1.807) is 23.1 Å². The molecule has 3 aromatic carbocycles. The first-order chi connectivity index (χ1) is 17.3. The Hall–Kier alpha value is -3.62. The number of fused-ring (bicyclic) bond motifs is 2. The molecular weight excluding hydrogens is 456 g/mol. The molecule has 8 nitrogen and oxygen atoms in total. The van der Waals surface area contributed by atoms with Gasteiger partial charge in [0.2, 0.25) is 0 Å². The third-order valence-electron chi connectivity index (χ3n) is 6.52. The number of benzene rings is 3. The molecule has 190 valence electrons. The Labute approximate surface area is 211 Å². The summed E-state index contributed by atoms with van der Waals surface area (Å²) in [5.74, 6) is 0.0972. The minimum absolute atomic E-state index is 0.00364. The first-order valence-corrected chi connectivity index (χ1v) is 12.2. The van der Waals surface area contributed by atoms with E-state index in [-0.39, 0.29) is 30.6 Å². The van der Waals surface area contributed by atoms with Gasteiger partial charge < -0.3 is 30.3 Å². The summed E-state index contributed by atoms with van der Waals surface area (Å²) in [6.07, 6.45) is -0.232. The molecule has 0 saturated heterocycles. The number of hydrogen-bond acceptors (Lipinski definition) is 5.